The predicted molar refractivity (Wildman–Crippen MR) is 88.0 cm³/mol. The third-order valence-electron chi connectivity index (χ3n) is 4.07. The maximum atomic E-state index is 4.18. The lowest BCUT2D eigenvalue weighted by Crippen LogP contribution is -2.25. The van der Waals surface area contributed by atoms with Gasteiger partial charge in [-0.1, -0.05) is 57.9 Å². The summed E-state index contributed by atoms with van der Waals surface area (Å²) in [6, 6.07) is 4.86. The smallest absolute Gasteiger partial charge is 0.0299 e. The molecular formula is C18H32N2. The van der Waals surface area contributed by atoms with Gasteiger partial charge in [-0.15, -0.1) is 0 Å². The first-order valence-electron chi connectivity index (χ1n) is 8.43. The van der Waals surface area contributed by atoms with Gasteiger partial charge in [0.15, 0.2) is 0 Å². The minimum atomic E-state index is 0.658. The lowest BCUT2D eigenvalue weighted by atomic mass is 10.0. The minimum Gasteiger partial charge on any atom is -0.317 e. The Hall–Kier alpha value is -0.890. The van der Waals surface area contributed by atoms with Gasteiger partial charge in [0.1, 0.15) is 0 Å². The fourth-order valence-corrected chi connectivity index (χ4v) is 2.67. The maximum Gasteiger partial charge on any atom is 0.0299 e. The summed E-state index contributed by atoms with van der Waals surface area (Å²) in [4.78, 5) is 4.18. The molecule has 1 N–H and O–H groups in total. The number of nitrogens with zero attached hydrogens (tertiary/aromatic N) is 1. The van der Waals surface area contributed by atoms with Crippen LogP contribution in [0.5, 0.6) is 0 Å². The highest BCUT2D eigenvalue weighted by atomic mass is 14.9. The molecule has 114 valence electrons. The quantitative estimate of drug-likeness (QED) is 0.558. The molecule has 0 fully saturated rings. The molecule has 0 aliphatic rings. The van der Waals surface area contributed by atoms with Crippen LogP contribution < -0.4 is 5.32 Å². The Morgan fingerprint density at radius 2 is 1.80 bits per heavy atom. The fraction of sp³-hybridized carbons (Fsp3) is 0.722. The molecule has 0 saturated carbocycles. The van der Waals surface area contributed by atoms with Crippen LogP contribution in [0, 0.1) is 0 Å². The SMILES string of the molecule is CCCCCCCCCC(CCc1cccnc1)NC. The second-order valence-electron chi connectivity index (χ2n) is 5.80. The van der Waals surface area contributed by atoms with Crippen LogP contribution in [-0.2, 0) is 6.42 Å². The number of hydrogen-bond acceptors (Lipinski definition) is 2. The summed E-state index contributed by atoms with van der Waals surface area (Å²) >= 11 is 0. The van der Waals surface area contributed by atoms with E-state index in [-0.39, 0.29) is 0 Å². The number of nitrogens with one attached hydrogen (secondary N) is 1. The molecule has 20 heavy (non-hydrogen) atoms. The molecule has 0 saturated heterocycles. The zero-order valence-corrected chi connectivity index (χ0v) is 13.4. The highest BCUT2D eigenvalue weighted by molar-refractivity contribution is 5.08. The first-order valence-corrected chi connectivity index (χ1v) is 8.43. The van der Waals surface area contributed by atoms with Gasteiger partial charge in [-0.25, -0.2) is 0 Å². The van der Waals surface area contributed by atoms with Gasteiger partial charge >= 0.3 is 0 Å². The molecule has 0 radical (unpaired) electrons. The van der Waals surface area contributed by atoms with Crippen LogP contribution in [0.1, 0.15) is 70.3 Å². The number of aryl methyl sites for hydroxylation is 1. The van der Waals surface area contributed by atoms with Gasteiger partial charge in [0, 0.05) is 18.4 Å². The van der Waals surface area contributed by atoms with E-state index in [0.29, 0.717) is 6.04 Å². The normalized spacial score (nSPS) is 12.5. The van der Waals surface area contributed by atoms with Gasteiger partial charge in [-0.3, -0.25) is 4.98 Å². The van der Waals surface area contributed by atoms with Gasteiger partial charge in [0.2, 0.25) is 0 Å². The van der Waals surface area contributed by atoms with E-state index >= 15 is 0 Å². The van der Waals surface area contributed by atoms with Crippen molar-refractivity contribution in [1.82, 2.24) is 10.3 Å². The summed E-state index contributed by atoms with van der Waals surface area (Å²) in [5, 5.41) is 3.46. The zero-order chi connectivity index (χ0) is 14.5. The monoisotopic (exact) mass is 276 g/mol. The molecule has 1 unspecified atom stereocenters. The molecule has 0 spiro atoms. The lowest BCUT2D eigenvalue weighted by molar-refractivity contribution is 0.457. The van der Waals surface area contributed by atoms with Crippen LogP contribution >= 0.6 is 0 Å². The topological polar surface area (TPSA) is 24.9 Å². The van der Waals surface area contributed by atoms with Crippen molar-refractivity contribution in [3.05, 3.63) is 30.1 Å². The van der Waals surface area contributed by atoms with Crippen molar-refractivity contribution in [2.75, 3.05) is 7.05 Å². The maximum absolute atomic E-state index is 4.18. The first-order chi connectivity index (χ1) is 9.86. The molecular weight excluding hydrogens is 244 g/mol. The van der Waals surface area contributed by atoms with Gasteiger partial charge < -0.3 is 5.32 Å². The molecule has 1 aromatic heterocycles. The van der Waals surface area contributed by atoms with Crippen LogP contribution in [0.15, 0.2) is 24.5 Å². The number of pyridine rings is 1. The molecule has 1 heterocycles. The van der Waals surface area contributed by atoms with Crippen LogP contribution in [0.25, 0.3) is 0 Å². The van der Waals surface area contributed by atoms with Crippen molar-refractivity contribution < 1.29 is 0 Å². The molecule has 0 aliphatic carbocycles. The molecule has 2 heteroatoms. The van der Waals surface area contributed by atoms with E-state index in [0.717, 1.165) is 6.42 Å². The average molecular weight is 276 g/mol. The van der Waals surface area contributed by atoms with Crippen molar-refractivity contribution in [3.63, 3.8) is 0 Å². The molecule has 0 bridgehead atoms. The van der Waals surface area contributed by atoms with Gasteiger partial charge in [-0.2, -0.15) is 0 Å². The third-order valence-corrected chi connectivity index (χ3v) is 4.07. The lowest BCUT2D eigenvalue weighted by Gasteiger charge is -2.15. The van der Waals surface area contributed by atoms with Crippen molar-refractivity contribution in [2.45, 2.75) is 77.2 Å². The van der Waals surface area contributed by atoms with Gasteiger partial charge in [-0.05, 0) is 37.9 Å². The third kappa shape index (κ3) is 8.31. The molecule has 1 aromatic rings. The van der Waals surface area contributed by atoms with E-state index in [4.69, 9.17) is 0 Å². The molecule has 1 rings (SSSR count). The highest BCUT2D eigenvalue weighted by Crippen LogP contribution is 2.12. The Morgan fingerprint density at radius 3 is 2.45 bits per heavy atom. The highest BCUT2D eigenvalue weighted by Gasteiger charge is 2.06. The number of unbranched alkanes of at least 4 members (excludes halogenated alkanes) is 6. The van der Waals surface area contributed by atoms with Crippen molar-refractivity contribution in [3.8, 4) is 0 Å². The average Bonchev–Trinajstić information content (AvgIpc) is 2.50. The summed E-state index contributed by atoms with van der Waals surface area (Å²) in [6.45, 7) is 2.28. The van der Waals surface area contributed by atoms with E-state index in [1.165, 1.54) is 63.4 Å². The molecule has 0 aromatic carbocycles. The van der Waals surface area contributed by atoms with Crippen LogP contribution in [-0.4, -0.2) is 18.1 Å². The van der Waals surface area contributed by atoms with E-state index in [1.807, 2.05) is 18.5 Å². The minimum absolute atomic E-state index is 0.658. The largest absolute Gasteiger partial charge is 0.317 e. The van der Waals surface area contributed by atoms with Crippen molar-refractivity contribution in [2.24, 2.45) is 0 Å². The fourth-order valence-electron chi connectivity index (χ4n) is 2.67. The van der Waals surface area contributed by atoms with Crippen LogP contribution in [0.4, 0.5) is 0 Å². The Bertz CT molecular complexity index is 310. The molecule has 2 nitrogen and oxygen atoms in total. The Morgan fingerprint density at radius 1 is 1.05 bits per heavy atom. The van der Waals surface area contributed by atoms with E-state index in [1.54, 1.807) is 0 Å². The van der Waals surface area contributed by atoms with Crippen LogP contribution in [0.3, 0.4) is 0 Å². The summed E-state index contributed by atoms with van der Waals surface area (Å²) in [5.41, 5.74) is 1.35. The summed E-state index contributed by atoms with van der Waals surface area (Å²) in [5.74, 6) is 0. The summed E-state index contributed by atoms with van der Waals surface area (Å²) in [6.07, 6.45) is 17.3. The summed E-state index contributed by atoms with van der Waals surface area (Å²) < 4.78 is 0. The van der Waals surface area contributed by atoms with Gasteiger partial charge in [0.25, 0.3) is 0 Å². The van der Waals surface area contributed by atoms with Crippen molar-refractivity contribution >= 4 is 0 Å². The number of hydrogen-bond donors (Lipinski definition) is 1. The predicted octanol–water partition coefficient (Wildman–Crippen LogP) is 4.74. The standard InChI is InChI=1S/C18H32N2/c1-3-4-5-6-7-8-9-12-18(19-2)14-13-17-11-10-15-20-16-17/h10-11,15-16,18-19H,3-9,12-14H2,1-2H3. The molecule has 0 aliphatic heterocycles. The van der Waals surface area contributed by atoms with E-state index < -0.39 is 0 Å². The molecule has 1 atom stereocenters. The Labute approximate surface area is 125 Å². The van der Waals surface area contributed by atoms with Crippen LogP contribution in [0.2, 0.25) is 0 Å². The molecule has 0 amide bonds. The first kappa shape index (κ1) is 17.2. The second kappa shape index (κ2) is 11.9. The Kier molecular flexibility index (Phi) is 10.2. The Balaban J connectivity index is 2.04. The summed E-state index contributed by atoms with van der Waals surface area (Å²) in [7, 11) is 2.09. The van der Waals surface area contributed by atoms with Crippen molar-refractivity contribution in [1.29, 1.82) is 0 Å². The second-order valence-corrected chi connectivity index (χ2v) is 5.80. The zero-order valence-electron chi connectivity index (χ0n) is 13.4. The van der Waals surface area contributed by atoms with E-state index in [9.17, 15) is 0 Å². The number of rotatable bonds is 12. The van der Waals surface area contributed by atoms with E-state index in [2.05, 4.69) is 30.3 Å². The number of aromatic nitrogens is 1. The van der Waals surface area contributed by atoms with Gasteiger partial charge in [0.05, 0.1) is 0 Å².